The molecule has 0 saturated heterocycles. The Morgan fingerprint density at radius 1 is 1.24 bits per heavy atom. The summed E-state index contributed by atoms with van der Waals surface area (Å²) in [6.07, 6.45) is 3.63. The van der Waals surface area contributed by atoms with E-state index in [1.807, 2.05) is 0 Å². The van der Waals surface area contributed by atoms with E-state index in [2.05, 4.69) is 5.32 Å². The number of non-ortho nitro benzene ring substituents is 1. The molecule has 2 rings (SSSR count). The van der Waals surface area contributed by atoms with Gasteiger partial charge in [-0.25, -0.2) is 0 Å². The van der Waals surface area contributed by atoms with E-state index in [1.54, 1.807) is 12.1 Å². The van der Waals surface area contributed by atoms with E-state index in [9.17, 15) is 15.2 Å². The summed E-state index contributed by atoms with van der Waals surface area (Å²) >= 11 is 0. The summed E-state index contributed by atoms with van der Waals surface area (Å²) in [5, 5.41) is 23.5. The third-order valence-corrected chi connectivity index (χ3v) is 3.16. The molecule has 17 heavy (non-hydrogen) atoms. The summed E-state index contributed by atoms with van der Waals surface area (Å²) in [7, 11) is 0. The number of hydrogen-bond donors (Lipinski definition) is 2. The molecule has 1 aliphatic rings. The number of anilines is 1. The van der Waals surface area contributed by atoms with Crippen LogP contribution in [0.1, 0.15) is 25.7 Å². The largest absolute Gasteiger partial charge is 0.391 e. The molecule has 5 heteroatoms. The predicted octanol–water partition coefficient (Wildman–Crippen LogP) is 2.31. The van der Waals surface area contributed by atoms with Crippen molar-refractivity contribution >= 4 is 11.4 Å². The van der Waals surface area contributed by atoms with Gasteiger partial charge in [-0.1, -0.05) is 12.8 Å². The molecule has 0 heterocycles. The van der Waals surface area contributed by atoms with Crippen LogP contribution in [0.4, 0.5) is 11.4 Å². The minimum atomic E-state index is -0.417. The maximum atomic E-state index is 10.5. The topological polar surface area (TPSA) is 75.4 Å². The first-order valence-corrected chi connectivity index (χ1v) is 5.86. The average Bonchev–Trinajstić information content (AvgIpc) is 2.33. The minimum absolute atomic E-state index is 0.0604. The van der Waals surface area contributed by atoms with E-state index in [0.717, 1.165) is 31.4 Å². The summed E-state index contributed by atoms with van der Waals surface area (Å²) in [5.41, 5.74) is 0.904. The van der Waals surface area contributed by atoms with Crippen LogP contribution in [-0.2, 0) is 0 Å². The molecule has 1 fully saturated rings. The van der Waals surface area contributed by atoms with Gasteiger partial charge < -0.3 is 10.4 Å². The van der Waals surface area contributed by atoms with Gasteiger partial charge >= 0.3 is 0 Å². The Morgan fingerprint density at radius 3 is 2.47 bits per heavy atom. The van der Waals surface area contributed by atoms with Crippen molar-refractivity contribution < 1.29 is 10.0 Å². The van der Waals surface area contributed by atoms with Gasteiger partial charge in [0, 0.05) is 17.8 Å². The van der Waals surface area contributed by atoms with Crippen LogP contribution >= 0.6 is 0 Å². The highest BCUT2D eigenvalue weighted by Crippen LogP contribution is 2.23. The fraction of sp³-hybridized carbons (Fsp3) is 0.500. The number of rotatable bonds is 3. The number of nitrogens with zero attached hydrogens (tertiary/aromatic N) is 1. The molecule has 0 aliphatic heterocycles. The van der Waals surface area contributed by atoms with E-state index >= 15 is 0 Å². The van der Waals surface area contributed by atoms with Crippen molar-refractivity contribution in [1.82, 2.24) is 0 Å². The fourth-order valence-electron chi connectivity index (χ4n) is 2.17. The highest BCUT2D eigenvalue weighted by atomic mass is 16.6. The second-order valence-corrected chi connectivity index (χ2v) is 4.41. The van der Waals surface area contributed by atoms with E-state index in [0.29, 0.717) is 0 Å². The fourth-order valence-corrected chi connectivity index (χ4v) is 2.17. The highest BCUT2D eigenvalue weighted by Gasteiger charge is 2.22. The molecule has 1 aliphatic carbocycles. The van der Waals surface area contributed by atoms with Crippen LogP contribution in [0.25, 0.3) is 0 Å². The molecule has 0 aromatic heterocycles. The number of aliphatic hydroxyl groups excluding tert-OH is 1. The Kier molecular flexibility index (Phi) is 3.58. The van der Waals surface area contributed by atoms with E-state index in [-0.39, 0.29) is 17.8 Å². The molecule has 2 N–H and O–H groups in total. The lowest BCUT2D eigenvalue weighted by Crippen LogP contribution is -2.36. The molecule has 0 bridgehead atoms. The van der Waals surface area contributed by atoms with Crippen molar-refractivity contribution in [3.05, 3.63) is 34.4 Å². The van der Waals surface area contributed by atoms with Gasteiger partial charge in [-0.2, -0.15) is 0 Å². The van der Waals surface area contributed by atoms with Gasteiger partial charge in [0.2, 0.25) is 0 Å². The summed E-state index contributed by atoms with van der Waals surface area (Å²) < 4.78 is 0. The summed E-state index contributed by atoms with van der Waals surface area (Å²) in [6.45, 7) is 0. The van der Waals surface area contributed by atoms with Gasteiger partial charge in [-0.05, 0) is 25.0 Å². The van der Waals surface area contributed by atoms with Crippen LogP contribution in [0.3, 0.4) is 0 Å². The number of nitro groups is 1. The second kappa shape index (κ2) is 5.14. The Bertz CT molecular complexity index is 391. The SMILES string of the molecule is O=[N+]([O-])c1ccc(N[C@H]2CCCC[C@H]2O)cc1. The lowest BCUT2D eigenvalue weighted by molar-refractivity contribution is -0.384. The third-order valence-electron chi connectivity index (χ3n) is 3.16. The van der Waals surface area contributed by atoms with Crippen LogP contribution in [0.5, 0.6) is 0 Å². The van der Waals surface area contributed by atoms with Crippen molar-refractivity contribution in [1.29, 1.82) is 0 Å². The molecule has 0 amide bonds. The van der Waals surface area contributed by atoms with E-state index in [1.165, 1.54) is 12.1 Å². The van der Waals surface area contributed by atoms with Crippen LogP contribution in [0.15, 0.2) is 24.3 Å². The number of nitro benzene ring substituents is 1. The zero-order valence-electron chi connectivity index (χ0n) is 9.50. The first-order chi connectivity index (χ1) is 8.16. The molecule has 1 saturated carbocycles. The lowest BCUT2D eigenvalue weighted by atomic mass is 9.92. The van der Waals surface area contributed by atoms with Crippen molar-refractivity contribution in [3.63, 3.8) is 0 Å². The molecule has 2 atom stereocenters. The molecule has 1 aromatic carbocycles. The molecule has 1 aromatic rings. The standard InChI is InChI=1S/C12H16N2O3/c15-12-4-2-1-3-11(12)13-9-5-7-10(8-6-9)14(16)17/h5-8,11-13,15H,1-4H2/t11-,12+/m0/s1. The summed E-state index contributed by atoms with van der Waals surface area (Å²) in [6, 6.07) is 6.36. The molecule has 0 radical (unpaired) electrons. The molecule has 92 valence electrons. The van der Waals surface area contributed by atoms with Crippen LogP contribution in [0, 0.1) is 10.1 Å². The van der Waals surface area contributed by atoms with Crippen molar-refractivity contribution in [2.75, 3.05) is 5.32 Å². The first-order valence-electron chi connectivity index (χ1n) is 5.86. The van der Waals surface area contributed by atoms with Crippen LogP contribution in [0.2, 0.25) is 0 Å². The number of hydrogen-bond acceptors (Lipinski definition) is 4. The average molecular weight is 236 g/mol. The second-order valence-electron chi connectivity index (χ2n) is 4.41. The maximum absolute atomic E-state index is 10.5. The number of aliphatic hydroxyl groups is 1. The number of nitrogens with one attached hydrogen (secondary N) is 1. The van der Waals surface area contributed by atoms with Gasteiger partial charge in [0.15, 0.2) is 0 Å². The lowest BCUT2D eigenvalue weighted by Gasteiger charge is -2.29. The smallest absolute Gasteiger partial charge is 0.269 e. The Hall–Kier alpha value is -1.62. The van der Waals surface area contributed by atoms with Gasteiger partial charge in [0.1, 0.15) is 0 Å². The predicted molar refractivity (Wildman–Crippen MR) is 65.0 cm³/mol. The normalized spacial score (nSPS) is 24.3. The zero-order chi connectivity index (χ0) is 12.3. The van der Waals surface area contributed by atoms with E-state index < -0.39 is 4.92 Å². The van der Waals surface area contributed by atoms with Gasteiger partial charge in [-0.3, -0.25) is 10.1 Å². The van der Waals surface area contributed by atoms with Crippen LogP contribution in [-0.4, -0.2) is 22.2 Å². The monoisotopic (exact) mass is 236 g/mol. The van der Waals surface area contributed by atoms with E-state index in [4.69, 9.17) is 0 Å². The van der Waals surface area contributed by atoms with Crippen LogP contribution < -0.4 is 5.32 Å². The van der Waals surface area contributed by atoms with Gasteiger partial charge in [0.05, 0.1) is 17.1 Å². The van der Waals surface area contributed by atoms with Gasteiger partial charge in [0.25, 0.3) is 5.69 Å². The van der Waals surface area contributed by atoms with Crippen molar-refractivity contribution in [3.8, 4) is 0 Å². The first kappa shape index (κ1) is 11.9. The quantitative estimate of drug-likeness (QED) is 0.623. The highest BCUT2D eigenvalue weighted by molar-refractivity contribution is 5.49. The Morgan fingerprint density at radius 2 is 1.88 bits per heavy atom. The molecule has 5 nitrogen and oxygen atoms in total. The molecular weight excluding hydrogens is 220 g/mol. The summed E-state index contributed by atoms with van der Waals surface area (Å²) in [5.74, 6) is 0. The maximum Gasteiger partial charge on any atom is 0.269 e. The minimum Gasteiger partial charge on any atom is -0.391 e. The molecule has 0 unspecified atom stereocenters. The third kappa shape index (κ3) is 2.94. The Balaban J connectivity index is 2.00. The van der Waals surface area contributed by atoms with Crippen molar-refractivity contribution in [2.45, 2.75) is 37.8 Å². The Labute approximate surface area is 99.6 Å². The number of benzene rings is 1. The van der Waals surface area contributed by atoms with Crippen molar-refractivity contribution in [2.24, 2.45) is 0 Å². The molecular formula is C12H16N2O3. The van der Waals surface area contributed by atoms with Gasteiger partial charge in [-0.15, -0.1) is 0 Å². The zero-order valence-corrected chi connectivity index (χ0v) is 9.50. The summed E-state index contributed by atoms with van der Waals surface area (Å²) in [4.78, 5) is 10.1. The molecule has 0 spiro atoms.